The van der Waals surface area contributed by atoms with Gasteiger partial charge < -0.3 is 15.7 Å². The molecule has 0 radical (unpaired) electrons. The molecule has 2 heterocycles. The van der Waals surface area contributed by atoms with Crippen molar-refractivity contribution < 1.29 is 14.7 Å². The van der Waals surface area contributed by atoms with E-state index >= 15 is 0 Å². The van der Waals surface area contributed by atoms with E-state index in [2.05, 4.69) is 52.0 Å². The van der Waals surface area contributed by atoms with Crippen LogP contribution in [0.3, 0.4) is 0 Å². The number of fused-ring (bicyclic) bond motifs is 2. The van der Waals surface area contributed by atoms with Crippen molar-refractivity contribution in [2.45, 2.75) is 26.3 Å². The van der Waals surface area contributed by atoms with Gasteiger partial charge in [-0.1, -0.05) is 36.4 Å². The third kappa shape index (κ3) is 4.45. The van der Waals surface area contributed by atoms with Gasteiger partial charge in [-0.2, -0.15) is 0 Å². The van der Waals surface area contributed by atoms with E-state index in [1.165, 1.54) is 28.8 Å². The molecule has 0 atom stereocenters. The lowest BCUT2D eigenvalue weighted by molar-refractivity contribution is -0.110. The fraction of sp³-hybridized carbons (Fsp3) is 0.214. The Morgan fingerprint density at radius 1 is 1.15 bits per heavy atom. The molecule has 1 aliphatic carbocycles. The molecule has 3 N–H and O–H groups in total. The fourth-order valence-corrected chi connectivity index (χ4v) is 4.73. The first-order chi connectivity index (χ1) is 16.5. The van der Waals surface area contributed by atoms with Crippen molar-refractivity contribution in [3.05, 3.63) is 100 Å². The third-order valence-electron chi connectivity index (χ3n) is 6.56. The van der Waals surface area contributed by atoms with Crippen LogP contribution in [0.5, 0.6) is 0 Å². The Morgan fingerprint density at radius 2 is 1.97 bits per heavy atom. The Balaban J connectivity index is 1.28. The zero-order valence-corrected chi connectivity index (χ0v) is 19.1. The summed E-state index contributed by atoms with van der Waals surface area (Å²) in [5.74, 6) is -1.25. The number of benzene rings is 2. The number of hydrogen-bond donors (Lipinski definition) is 3. The maximum absolute atomic E-state index is 12.6. The topological polar surface area (TPSA) is 81.7 Å². The number of hydrogen-bond acceptors (Lipinski definition) is 4. The molecule has 0 fully saturated rings. The number of nitrogens with zero attached hydrogens (tertiary/aromatic N) is 1. The van der Waals surface area contributed by atoms with Crippen molar-refractivity contribution >= 4 is 28.8 Å². The van der Waals surface area contributed by atoms with Crippen LogP contribution in [-0.2, 0) is 11.3 Å². The van der Waals surface area contributed by atoms with E-state index in [4.69, 9.17) is 0 Å². The van der Waals surface area contributed by atoms with E-state index in [1.54, 1.807) is 6.07 Å². The van der Waals surface area contributed by atoms with Gasteiger partial charge in [0.1, 0.15) is 0 Å². The molecule has 3 aliphatic rings. The summed E-state index contributed by atoms with van der Waals surface area (Å²) in [4.78, 5) is 26.4. The third-order valence-corrected chi connectivity index (χ3v) is 6.56. The number of aromatic carboxylic acids is 1. The van der Waals surface area contributed by atoms with Crippen LogP contribution >= 0.6 is 0 Å². The van der Waals surface area contributed by atoms with Gasteiger partial charge in [0, 0.05) is 42.3 Å². The number of carboxylic acids is 1. The van der Waals surface area contributed by atoms with Gasteiger partial charge in [-0.05, 0) is 66.8 Å². The molecular formula is C28H27N3O3. The molecule has 6 heteroatoms. The zero-order chi connectivity index (χ0) is 23.7. The summed E-state index contributed by atoms with van der Waals surface area (Å²) in [7, 11) is 0. The predicted molar refractivity (Wildman–Crippen MR) is 135 cm³/mol. The second kappa shape index (κ2) is 9.15. The summed E-state index contributed by atoms with van der Waals surface area (Å²) in [6.07, 6.45) is 11.1. The Morgan fingerprint density at radius 3 is 2.76 bits per heavy atom. The van der Waals surface area contributed by atoms with Gasteiger partial charge in [-0.3, -0.25) is 9.69 Å². The van der Waals surface area contributed by atoms with E-state index in [0.29, 0.717) is 22.5 Å². The molecule has 1 amide bonds. The maximum Gasteiger partial charge on any atom is 0.335 e. The van der Waals surface area contributed by atoms with Crippen molar-refractivity contribution in [3.63, 3.8) is 0 Å². The number of carbonyl (C=O) groups is 2. The molecule has 0 spiro atoms. The smallest absolute Gasteiger partial charge is 0.335 e. The van der Waals surface area contributed by atoms with Crippen LogP contribution in [0.4, 0.5) is 11.4 Å². The SMILES string of the molecule is C/C(Nc1ccc(CN2CC=C3CC=CC=C3CC2)cc1)=C1/C(=O)Nc2ccc(C(=O)O)cc21. The number of allylic oxidation sites excluding steroid dienone is 5. The van der Waals surface area contributed by atoms with Crippen molar-refractivity contribution in [1.29, 1.82) is 0 Å². The van der Waals surface area contributed by atoms with Crippen molar-refractivity contribution in [1.82, 2.24) is 4.90 Å². The van der Waals surface area contributed by atoms with Crippen LogP contribution in [0, 0.1) is 0 Å². The quantitative estimate of drug-likeness (QED) is 0.542. The number of amides is 1. The molecule has 2 aromatic carbocycles. The Kier molecular flexibility index (Phi) is 5.90. The lowest BCUT2D eigenvalue weighted by Gasteiger charge is -2.19. The van der Waals surface area contributed by atoms with Gasteiger partial charge in [0.2, 0.25) is 0 Å². The minimum Gasteiger partial charge on any atom is -0.478 e. The monoisotopic (exact) mass is 453 g/mol. The standard InChI is InChI=1S/C28H27N3O3/c1-18(26-24-16-22(28(33)34)8-11-25(24)30-27(26)32)29-23-9-6-19(7-10-23)17-31-14-12-20-4-2-3-5-21(20)13-15-31/h2-4,6-11,13,16,29H,5,12,14-15,17H2,1H3,(H,30,32)(H,33,34)/b26-18-. The van der Waals surface area contributed by atoms with Crippen molar-refractivity contribution in [2.75, 3.05) is 23.7 Å². The minimum atomic E-state index is -1.02. The summed E-state index contributed by atoms with van der Waals surface area (Å²) in [5, 5.41) is 15.4. The van der Waals surface area contributed by atoms with Crippen molar-refractivity contribution in [2.24, 2.45) is 0 Å². The molecule has 2 aromatic rings. The van der Waals surface area contributed by atoms with E-state index in [9.17, 15) is 14.7 Å². The molecule has 0 saturated carbocycles. The Bertz CT molecular complexity index is 1280. The van der Waals surface area contributed by atoms with Gasteiger partial charge in [-0.25, -0.2) is 4.79 Å². The van der Waals surface area contributed by atoms with Gasteiger partial charge >= 0.3 is 5.97 Å². The molecule has 34 heavy (non-hydrogen) atoms. The molecular weight excluding hydrogens is 426 g/mol. The normalized spacial score (nSPS) is 18.8. The number of nitrogens with one attached hydrogen (secondary N) is 2. The van der Waals surface area contributed by atoms with Gasteiger partial charge in [0.15, 0.2) is 0 Å². The second-order valence-corrected chi connectivity index (χ2v) is 8.88. The molecule has 0 bridgehead atoms. The largest absolute Gasteiger partial charge is 0.478 e. The minimum absolute atomic E-state index is 0.154. The first-order valence-corrected chi connectivity index (χ1v) is 11.5. The highest BCUT2D eigenvalue weighted by molar-refractivity contribution is 6.32. The van der Waals surface area contributed by atoms with Crippen LogP contribution in [-0.4, -0.2) is 35.0 Å². The lowest BCUT2D eigenvalue weighted by atomic mass is 9.96. The molecule has 6 nitrogen and oxygen atoms in total. The van der Waals surface area contributed by atoms with Crippen LogP contribution in [0.2, 0.25) is 0 Å². The van der Waals surface area contributed by atoms with Gasteiger partial charge in [0.05, 0.1) is 11.1 Å². The highest BCUT2D eigenvalue weighted by Crippen LogP contribution is 2.35. The summed E-state index contributed by atoms with van der Waals surface area (Å²) in [5.41, 5.74) is 7.56. The number of anilines is 2. The second-order valence-electron chi connectivity index (χ2n) is 8.88. The fourth-order valence-electron chi connectivity index (χ4n) is 4.73. The molecule has 0 aromatic heterocycles. The van der Waals surface area contributed by atoms with E-state index < -0.39 is 5.97 Å². The predicted octanol–water partition coefficient (Wildman–Crippen LogP) is 5.20. The summed E-state index contributed by atoms with van der Waals surface area (Å²) in [6, 6.07) is 12.9. The highest BCUT2D eigenvalue weighted by Gasteiger charge is 2.27. The van der Waals surface area contributed by atoms with E-state index in [0.717, 1.165) is 38.2 Å². The highest BCUT2D eigenvalue weighted by atomic mass is 16.4. The zero-order valence-electron chi connectivity index (χ0n) is 19.1. The van der Waals surface area contributed by atoms with Crippen LogP contribution in [0.1, 0.15) is 41.3 Å². The first-order valence-electron chi connectivity index (χ1n) is 11.5. The number of carboxylic acid groups (broad SMARTS) is 1. The number of carbonyl (C=O) groups excluding carboxylic acids is 1. The molecule has 172 valence electrons. The van der Waals surface area contributed by atoms with E-state index in [1.807, 2.05) is 19.1 Å². The summed E-state index contributed by atoms with van der Waals surface area (Å²) in [6.45, 7) is 4.72. The average Bonchev–Trinajstić information content (AvgIpc) is 3.03. The summed E-state index contributed by atoms with van der Waals surface area (Å²) < 4.78 is 0. The first kappa shape index (κ1) is 21.9. The van der Waals surface area contributed by atoms with Crippen LogP contribution < -0.4 is 10.6 Å². The van der Waals surface area contributed by atoms with Crippen LogP contribution in [0.15, 0.2) is 83.6 Å². The van der Waals surface area contributed by atoms with Gasteiger partial charge in [-0.15, -0.1) is 0 Å². The molecule has 5 rings (SSSR count). The molecule has 0 saturated heterocycles. The Hall–Kier alpha value is -3.90. The molecule has 2 aliphatic heterocycles. The average molecular weight is 454 g/mol. The number of rotatable bonds is 5. The maximum atomic E-state index is 12.6. The van der Waals surface area contributed by atoms with E-state index in [-0.39, 0.29) is 11.5 Å². The molecule has 0 unspecified atom stereocenters. The summed E-state index contributed by atoms with van der Waals surface area (Å²) >= 11 is 0. The van der Waals surface area contributed by atoms with Gasteiger partial charge in [0.25, 0.3) is 5.91 Å². The van der Waals surface area contributed by atoms with Crippen molar-refractivity contribution in [3.8, 4) is 0 Å². The van der Waals surface area contributed by atoms with Crippen LogP contribution in [0.25, 0.3) is 5.57 Å². The Labute approximate surface area is 199 Å². The lowest BCUT2D eigenvalue weighted by Crippen LogP contribution is -2.23.